The predicted octanol–water partition coefficient (Wildman–Crippen LogP) is 1.84. The maximum absolute atomic E-state index is 14.4. The number of carbonyl (C=O) groups is 3. The Hall–Kier alpha value is -3.16. The maximum Gasteiger partial charge on any atom is 0.410 e. The van der Waals surface area contributed by atoms with Gasteiger partial charge in [-0.3, -0.25) is 9.59 Å². The van der Waals surface area contributed by atoms with Crippen molar-refractivity contribution >= 4 is 29.2 Å². The highest BCUT2D eigenvalue weighted by molar-refractivity contribution is 7.13. The minimum Gasteiger partial charge on any atom is -0.444 e. The van der Waals surface area contributed by atoms with Crippen LogP contribution in [-0.4, -0.2) is 86.5 Å². The summed E-state index contributed by atoms with van der Waals surface area (Å²) >= 11 is 1.13. The molecule has 36 heavy (non-hydrogen) atoms. The molecule has 2 aromatic rings. The van der Waals surface area contributed by atoms with E-state index >= 15 is 0 Å². The van der Waals surface area contributed by atoms with Crippen LogP contribution in [-0.2, 0) is 17.7 Å². The summed E-state index contributed by atoms with van der Waals surface area (Å²) in [7, 11) is 1.48. The number of halogens is 1. The van der Waals surface area contributed by atoms with Crippen molar-refractivity contribution in [1.29, 1.82) is 0 Å². The van der Waals surface area contributed by atoms with Gasteiger partial charge in [-0.15, -0.1) is 15.3 Å². The van der Waals surface area contributed by atoms with Crippen LogP contribution in [0.4, 0.5) is 9.18 Å². The molecule has 1 aliphatic rings. The van der Waals surface area contributed by atoms with E-state index in [1.54, 1.807) is 4.90 Å². The highest BCUT2D eigenvalue weighted by atomic mass is 32.1. The molecule has 3 heterocycles. The molecule has 1 fully saturated rings. The highest BCUT2D eigenvalue weighted by Gasteiger charge is 2.28. The van der Waals surface area contributed by atoms with Crippen molar-refractivity contribution in [3.05, 3.63) is 21.9 Å². The summed E-state index contributed by atoms with van der Waals surface area (Å²) in [5.41, 5.74) is -0.432. The van der Waals surface area contributed by atoms with E-state index < -0.39 is 11.8 Å². The number of ether oxygens (including phenoxy) is 1. The number of amides is 3. The Morgan fingerprint density at radius 3 is 2.75 bits per heavy atom. The fraction of sp³-hybridized carbons (Fsp3) is 0.682. The molecule has 14 heteroatoms. The van der Waals surface area contributed by atoms with Crippen molar-refractivity contribution in [3.8, 4) is 0 Å². The second-order valence-electron chi connectivity index (χ2n) is 9.69. The zero-order chi connectivity index (χ0) is 26.3. The fourth-order valence-corrected chi connectivity index (χ4v) is 4.45. The lowest BCUT2D eigenvalue weighted by atomic mass is 9.98. The Labute approximate surface area is 213 Å². The first kappa shape index (κ1) is 27.4. The lowest BCUT2D eigenvalue weighted by Crippen LogP contribution is -2.45. The van der Waals surface area contributed by atoms with Crippen molar-refractivity contribution in [3.63, 3.8) is 0 Å². The number of hydrogen-bond acceptors (Lipinski definition) is 9. The van der Waals surface area contributed by atoms with Gasteiger partial charge in [0, 0.05) is 33.1 Å². The summed E-state index contributed by atoms with van der Waals surface area (Å²) in [5.74, 6) is -0.606. The number of aromatic nitrogens is 5. The highest BCUT2D eigenvalue weighted by Crippen LogP contribution is 2.20. The lowest BCUT2D eigenvalue weighted by molar-refractivity contribution is 0.0167. The topological polar surface area (TPSA) is 144 Å². The third-order valence-electron chi connectivity index (χ3n) is 5.44. The van der Waals surface area contributed by atoms with Crippen LogP contribution in [0, 0.1) is 5.92 Å². The second-order valence-corrected chi connectivity index (χ2v) is 10.7. The van der Waals surface area contributed by atoms with Gasteiger partial charge in [-0.2, -0.15) is 0 Å². The molecule has 2 unspecified atom stereocenters. The predicted molar refractivity (Wildman–Crippen MR) is 129 cm³/mol. The van der Waals surface area contributed by atoms with Gasteiger partial charge >= 0.3 is 6.09 Å². The molecular formula is C22H33FN8O4S. The molecule has 0 aromatic carbocycles. The number of likely N-dealkylation sites (tertiary alicyclic amines) is 1. The standard InChI is InChI=1S/C22H33FN8O4S/c1-22(2,3)35-21(34)30-9-5-6-14(11-30)10-25-19(33)20-28-27-17(36-20)8-7-15(23)12-31-13-16(26-29-31)18(32)24-4/h13-15H,5-12H2,1-4H3,(H,24,32)(H,25,33). The van der Waals surface area contributed by atoms with E-state index in [9.17, 15) is 18.8 Å². The number of hydrogen-bond donors (Lipinski definition) is 2. The molecule has 0 saturated carbocycles. The van der Waals surface area contributed by atoms with Crippen LogP contribution < -0.4 is 10.6 Å². The third-order valence-corrected chi connectivity index (χ3v) is 6.42. The lowest BCUT2D eigenvalue weighted by Gasteiger charge is -2.34. The number of rotatable bonds is 9. The van der Waals surface area contributed by atoms with Crippen LogP contribution in [0.15, 0.2) is 6.20 Å². The molecule has 3 amide bonds. The molecule has 2 aromatic heterocycles. The molecule has 12 nitrogen and oxygen atoms in total. The minimum atomic E-state index is -1.23. The van der Waals surface area contributed by atoms with Gasteiger partial charge in [-0.25, -0.2) is 13.9 Å². The minimum absolute atomic E-state index is 0.0438. The number of carbonyl (C=O) groups excluding carboxylic acids is 3. The van der Waals surface area contributed by atoms with E-state index in [0.717, 1.165) is 24.2 Å². The van der Waals surface area contributed by atoms with Crippen LogP contribution >= 0.6 is 11.3 Å². The van der Waals surface area contributed by atoms with E-state index in [4.69, 9.17) is 4.74 Å². The van der Waals surface area contributed by atoms with E-state index in [1.807, 2.05) is 20.8 Å². The van der Waals surface area contributed by atoms with Gasteiger partial charge in [0.15, 0.2) is 5.69 Å². The molecule has 3 rings (SSSR count). The van der Waals surface area contributed by atoms with E-state index in [0.29, 0.717) is 31.1 Å². The summed E-state index contributed by atoms with van der Waals surface area (Å²) in [5, 5.41) is 21.5. The molecule has 1 saturated heterocycles. The number of nitrogens with one attached hydrogen (secondary N) is 2. The van der Waals surface area contributed by atoms with Crippen LogP contribution in [0.2, 0.25) is 0 Å². The third kappa shape index (κ3) is 8.21. The largest absolute Gasteiger partial charge is 0.444 e. The Kier molecular flexibility index (Phi) is 9.29. The molecule has 0 spiro atoms. The summed E-state index contributed by atoms with van der Waals surface area (Å²) < 4.78 is 21.1. The fourth-order valence-electron chi connectivity index (χ4n) is 3.68. The summed E-state index contributed by atoms with van der Waals surface area (Å²) in [6, 6.07) is 0. The van der Waals surface area contributed by atoms with Crippen LogP contribution in [0.1, 0.15) is 65.3 Å². The van der Waals surface area contributed by atoms with Crippen molar-refractivity contribution in [1.82, 2.24) is 40.7 Å². The first-order chi connectivity index (χ1) is 17.0. The van der Waals surface area contributed by atoms with Crippen molar-refractivity contribution in [2.45, 2.75) is 64.8 Å². The van der Waals surface area contributed by atoms with Gasteiger partial charge in [0.2, 0.25) is 5.01 Å². The van der Waals surface area contributed by atoms with Gasteiger partial charge in [0.05, 0.1) is 12.7 Å². The molecule has 2 N–H and O–H groups in total. The van der Waals surface area contributed by atoms with Gasteiger partial charge in [0.25, 0.3) is 11.8 Å². The summed E-state index contributed by atoms with van der Waals surface area (Å²) in [6.45, 7) is 7.02. The molecule has 1 aliphatic heterocycles. The van der Waals surface area contributed by atoms with Crippen molar-refractivity contribution in [2.75, 3.05) is 26.7 Å². The first-order valence-corrected chi connectivity index (χ1v) is 12.7. The molecule has 2 atom stereocenters. The molecule has 0 radical (unpaired) electrons. The summed E-state index contributed by atoms with van der Waals surface area (Å²) in [6.07, 6.45) is 2.03. The summed E-state index contributed by atoms with van der Waals surface area (Å²) in [4.78, 5) is 38.1. The quantitative estimate of drug-likeness (QED) is 0.506. The van der Waals surface area contributed by atoms with Crippen LogP contribution in [0.5, 0.6) is 0 Å². The number of piperidine rings is 1. The van der Waals surface area contributed by atoms with Gasteiger partial charge in [-0.05, 0) is 46.0 Å². The molecular weight excluding hydrogens is 491 g/mol. The molecule has 0 aliphatic carbocycles. The Bertz CT molecular complexity index is 1050. The Balaban J connectivity index is 1.41. The van der Waals surface area contributed by atoms with Gasteiger partial charge in [-0.1, -0.05) is 16.6 Å². The average Bonchev–Trinajstić information content (AvgIpc) is 3.50. The van der Waals surface area contributed by atoms with E-state index in [2.05, 4.69) is 31.1 Å². The average molecular weight is 525 g/mol. The monoisotopic (exact) mass is 524 g/mol. The number of alkyl halides is 1. The van der Waals surface area contributed by atoms with Gasteiger partial charge in [0.1, 0.15) is 16.8 Å². The van der Waals surface area contributed by atoms with Crippen molar-refractivity contribution in [2.24, 2.45) is 5.92 Å². The van der Waals surface area contributed by atoms with E-state index in [1.165, 1.54) is 17.9 Å². The van der Waals surface area contributed by atoms with E-state index in [-0.39, 0.29) is 47.5 Å². The molecule has 0 bridgehead atoms. The SMILES string of the molecule is CNC(=O)c1cn(CC(F)CCc2nnc(C(=O)NCC3CCCN(C(=O)OC(C)(C)C)C3)s2)nn1. The maximum atomic E-state index is 14.4. The smallest absolute Gasteiger partial charge is 0.410 e. The Morgan fingerprint density at radius 2 is 2.03 bits per heavy atom. The van der Waals surface area contributed by atoms with Crippen LogP contribution in [0.25, 0.3) is 0 Å². The molecule has 198 valence electrons. The number of aryl methyl sites for hydroxylation is 1. The Morgan fingerprint density at radius 1 is 1.25 bits per heavy atom. The van der Waals surface area contributed by atoms with Gasteiger partial charge < -0.3 is 20.3 Å². The van der Waals surface area contributed by atoms with Crippen LogP contribution in [0.3, 0.4) is 0 Å². The zero-order valence-corrected chi connectivity index (χ0v) is 21.8. The number of nitrogens with zero attached hydrogens (tertiary/aromatic N) is 6. The zero-order valence-electron chi connectivity index (χ0n) is 21.0. The first-order valence-electron chi connectivity index (χ1n) is 11.9. The van der Waals surface area contributed by atoms with Crippen molar-refractivity contribution < 1.29 is 23.5 Å². The normalized spacial score (nSPS) is 16.9. The second kappa shape index (κ2) is 12.2.